The zero-order valence-corrected chi connectivity index (χ0v) is 11.1. The highest BCUT2D eigenvalue weighted by Gasteiger charge is 2.01. The first kappa shape index (κ1) is 13.1. The zero-order valence-electron chi connectivity index (χ0n) is 11.1. The van der Waals surface area contributed by atoms with Gasteiger partial charge in [-0.1, -0.05) is 17.7 Å². The van der Waals surface area contributed by atoms with Crippen LogP contribution in [-0.4, -0.2) is 15.7 Å². The predicted octanol–water partition coefficient (Wildman–Crippen LogP) is 0.968. The van der Waals surface area contributed by atoms with Gasteiger partial charge in [-0.3, -0.25) is 9.59 Å². The number of aryl methyl sites for hydroxylation is 2. The first-order valence-corrected chi connectivity index (χ1v) is 6.14. The highest BCUT2D eigenvalue weighted by Crippen LogP contribution is 2.07. The molecule has 0 fully saturated rings. The number of hydrogen-bond donors (Lipinski definition) is 1. The molecule has 0 amide bonds. The Morgan fingerprint density at radius 1 is 1.05 bits per heavy atom. The Labute approximate surface area is 111 Å². The van der Waals surface area contributed by atoms with Crippen LogP contribution in [0.2, 0.25) is 0 Å². The van der Waals surface area contributed by atoms with Crippen molar-refractivity contribution in [3.63, 3.8) is 0 Å². The second-order valence-electron chi connectivity index (χ2n) is 4.51. The second-order valence-corrected chi connectivity index (χ2v) is 4.51. The maximum Gasteiger partial charge on any atom is 0.316 e. The van der Waals surface area contributed by atoms with E-state index >= 15 is 0 Å². The SMILES string of the molecule is Cc1ccc(NCCn2ccn(C)c(=O)c2=O)cc1. The molecule has 1 aromatic heterocycles. The van der Waals surface area contributed by atoms with Crippen molar-refractivity contribution in [1.82, 2.24) is 9.13 Å². The van der Waals surface area contributed by atoms with Crippen molar-refractivity contribution >= 4 is 5.69 Å². The third-order valence-electron chi connectivity index (χ3n) is 2.97. The van der Waals surface area contributed by atoms with E-state index in [0.29, 0.717) is 13.1 Å². The fourth-order valence-electron chi connectivity index (χ4n) is 1.76. The molecule has 1 aromatic carbocycles. The van der Waals surface area contributed by atoms with Crippen LogP contribution in [-0.2, 0) is 13.6 Å². The van der Waals surface area contributed by atoms with Crippen LogP contribution in [0, 0.1) is 6.92 Å². The van der Waals surface area contributed by atoms with E-state index in [1.807, 2.05) is 31.2 Å². The van der Waals surface area contributed by atoms with Crippen LogP contribution in [0.25, 0.3) is 0 Å². The molecule has 0 aliphatic heterocycles. The lowest BCUT2D eigenvalue weighted by molar-refractivity contribution is 0.656. The van der Waals surface area contributed by atoms with Crippen molar-refractivity contribution in [2.24, 2.45) is 7.05 Å². The summed E-state index contributed by atoms with van der Waals surface area (Å²) in [5.74, 6) is 0. The largest absolute Gasteiger partial charge is 0.383 e. The fourth-order valence-corrected chi connectivity index (χ4v) is 1.76. The number of nitrogens with one attached hydrogen (secondary N) is 1. The summed E-state index contributed by atoms with van der Waals surface area (Å²) in [5.41, 5.74) is 1.21. The molecule has 0 saturated heterocycles. The summed E-state index contributed by atoms with van der Waals surface area (Å²) in [6, 6.07) is 8.02. The standard InChI is InChI=1S/C14H17N3O2/c1-11-3-5-12(6-4-11)15-7-8-17-10-9-16(2)13(18)14(17)19/h3-6,9-10,15H,7-8H2,1-2H3. The Morgan fingerprint density at radius 3 is 2.42 bits per heavy atom. The molecule has 0 unspecified atom stereocenters. The van der Waals surface area contributed by atoms with Gasteiger partial charge in [-0.05, 0) is 19.1 Å². The molecule has 0 atom stereocenters. The molecule has 0 spiro atoms. The molecule has 0 aliphatic carbocycles. The predicted molar refractivity (Wildman–Crippen MR) is 75.6 cm³/mol. The van der Waals surface area contributed by atoms with Gasteiger partial charge in [0.15, 0.2) is 0 Å². The van der Waals surface area contributed by atoms with Gasteiger partial charge in [0, 0.05) is 38.2 Å². The van der Waals surface area contributed by atoms with E-state index in [0.717, 1.165) is 5.69 Å². The lowest BCUT2D eigenvalue weighted by atomic mass is 10.2. The van der Waals surface area contributed by atoms with Crippen molar-refractivity contribution in [3.8, 4) is 0 Å². The summed E-state index contributed by atoms with van der Waals surface area (Å²) in [5, 5.41) is 3.21. The lowest BCUT2D eigenvalue weighted by Crippen LogP contribution is -2.40. The molecule has 100 valence electrons. The number of hydrogen-bond acceptors (Lipinski definition) is 3. The van der Waals surface area contributed by atoms with Gasteiger partial charge < -0.3 is 14.5 Å². The topological polar surface area (TPSA) is 56.0 Å². The average molecular weight is 259 g/mol. The molecule has 2 rings (SSSR count). The molecule has 0 saturated carbocycles. The normalized spacial score (nSPS) is 10.4. The van der Waals surface area contributed by atoms with Gasteiger partial charge in [0.1, 0.15) is 0 Å². The Morgan fingerprint density at radius 2 is 1.74 bits per heavy atom. The van der Waals surface area contributed by atoms with E-state index in [1.165, 1.54) is 14.7 Å². The van der Waals surface area contributed by atoms with Crippen molar-refractivity contribution in [2.75, 3.05) is 11.9 Å². The smallest absolute Gasteiger partial charge is 0.316 e. The molecule has 5 heteroatoms. The van der Waals surface area contributed by atoms with E-state index in [9.17, 15) is 9.59 Å². The van der Waals surface area contributed by atoms with Crippen LogP contribution >= 0.6 is 0 Å². The van der Waals surface area contributed by atoms with Crippen molar-refractivity contribution < 1.29 is 0 Å². The van der Waals surface area contributed by atoms with Crippen LogP contribution in [0.3, 0.4) is 0 Å². The van der Waals surface area contributed by atoms with E-state index in [1.54, 1.807) is 19.4 Å². The van der Waals surface area contributed by atoms with Crippen LogP contribution in [0.4, 0.5) is 5.69 Å². The molecule has 0 aliphatic rings. The van der Waals surface area contributed by atoms with Gasteiger partial charge in [0.05, 0.1) is 0 Å². The van der Waals surface area contributed by atoms with Crippen LogP contribution in [0.5, 0.6) is 0 Å². The third kappa shape index (κ3) is 3.13. The summed E-state index contributed by atoms with van der Waals surface area (Å²) < 4.78 is 2.70. The Bertz CT molecular complexity index is 668. The minimum absolute atomic E-state index is 0.461. The average Bonchev–Trinajstić information content (AvgIpc) is 2.41. The number of rotatable bonds is 4. The van der Waals surface area contributed by atoms with E-state index in [4.69, 9.17) is 0 Å². The van der Waals surface area contributed by atoms with Crippen LogP contribution < -0.4 is 16.4 Å². The maximum atomic E-state index is 11.7. The van der Waals surface area contributed by atoms with E-state index in [-0.39, 0.29) is 0 Å². The number of nitrogens with zero attached hydrogens (tertiary/aromatic N) is 2. The molecular weight excluding hydrogens is 242 g/mol. The van der Waals surface area contributed by atoms with Gasteiger partial charge >= 0.3 is 11.1 Å². The minimum atomic E-state index is -0.502. The van der Waals surface area contributed by atoms with Crippen molar-refractivity contribution in [3.05, 3.63) is 62.9 Å². The second kappa shape index (κ2) is 5.56. The minimum Gasteiger partial charge on any atom is -0.383 e. The quantitative estimate of drug-likeness (QED) is 0.832. The van der Waals surface area contributed by atoms with Gasteiger partial charge in [-0.2, -0.15) is 0 Å². The van der Waals surface area contributed by atoms with Gasteiger partial charge in [-0.15, -0.1) is 0 Å². The summed E-state index contributed by atoms with van der Waals surface area (Å²) in [4.78, 5) is 23.1. The molecule has 1 N–H and O–H groups in total. The first-order chi connectivity index (χ1) is 9.08. The molecule has 0 bridgehead atoms. The zero-order chi connectivity index (χ0) is 13.8. The Kier molecular flexibility index (Phi) is 3.85. The highest BCUT2D eigenvalue weighted by atomic mass is 16.2. The monoisotopic (exact) mass is 259 g/mol. The Hall–Kier alpha value is -2.30. The van der Waals surface area contributed by atoms with E-state index in [2.05, 4.69) is 5.32 Å². The molecule has 0 radical (unpaired) electrons. The van der Waals surface area contributed by atoms with Crippen LogP contribution in [0.15, 0.2) is 46.2 Å². The summed E-state index contributed by atoms with van der Waals surface area (Å²) in [6.07, 6.45) is 3.22. The molecule has 19 heavy (non-hydrogen) atoms. The fraction of sp³-hybridized carbons (Fsp3) is 0.286. The number of aromatic nitrogens is 2. The highest BCUT2D eigenvalue weighted by molar-refractivity contribution is 5.44. The number of anilines is 1. The van der Waals surface area contributed by atoms with Crippen molar-refractivity contribution in [2.45, 2.75) is 13.5 Å². The number of benzene rings is 1. The van der Waals surface area contributed by atoms with Gasteiger partial charge in [0.2, 0.25) is 0 Å². The molecule has 1 heterocycles. The van der Waals surface area contributed by atoms with Gasteiger partial charge in [0.25, 0.3) is 0 Å². The van der Waals surface area contributed by atoms with Crippen molar-refractivity contribution in [1.29, 1.82) is 0 Å². The molecule has 5 nitrogen and oxygen atoms in total. The lowest BCUT2D eigenvalue weighted by Gasteiger charge is -2.09. The summed E-state index contributed by atoms with van der Waals surface area (Å²) >= 11 is 0. The summed E-state index contributed by atoms with van der Waals surface area (Å²) in [7, 11) is 1.57. The molecular formula is C14H17N3O2. The van der Waals surface area contributed by atoms with Crippen LogP contribution in [0.1, 0.15) is 5.56 Å². The Balaban J connectivity index is 2.00. The third-order valence-corrected chi connectivity index (χ3v) is 2.97. The summed E-state index contributed by atoms with van der Waals surface area (Å²) in [6.45, 7) is 3.09. The maximum absolute atomic E-state index is 11.7. The van der Waals surface area contributed by atoms with Gasteiger partial charge in [-0.25, -0.2) is 0 Å². The first-order valence-electron chi connectivity index (χ1n) is 6.14. The molecule has 2 aromatic rings. The van der Waals surface area contributed by atoms with E-state index < -0.39 is 11.1 Å².